The summed E-state index contributed by atoms with van der Waals surface area (Å²) in [4.78, 5) is 0. The molecule has 0 fully saturated rings. The minimum atomic E-state index is 0.610. The van der Waals surface area contributed by atoms with Crippen molar-refractivity contribution in [2.45, 2.75) is 32.4 Å². The van der Waals surface area contributed by atoms with Gasteiger partial charge in [0.05, 0.1) is 0 Å². The Labute approximate surface area is 74.8 Å². The van der Waals surface area contributed by atoms with E-state index in [1.54, 1.807) is 0 Å². The highest BCUT2D eigenvalue weighted by Crippen LogP contribution is 2.12. The predicted molar refractivity (Wildman–Crippen MR) is 55.8 cm³/mol. The lowest BCUT2D eigenvalue weighted by Gasteiger charge is -2.00. The van der Waals surface area contributed by atoms with E-state index in [-0.39, 0.29) is 0 Å². The maximum atomic E-state index is 3.73. The molecule has 0 bridgehead atoms. The maximum Gasteiger partial charge on any atom is 0.00316 e. The van der Waals surface area contributed by atoms with Crippen LogP contribution in [0.1, 0.15) is 27.2 Å². The Morgan fingerprint density at radius 3 is 2.45 bits per heavy atom. The molecule has 0 aromatic heterocycles. The summed E-state index contributed by atoms with van der Waals surface area (Å²) in [6, 6.07) is 0. The van der Waals surface area contributed by atoms with E-state index < -0.39 is 0 Å². The van der Waals surface area contributed by atoms with Crippen molar-refractivity contribution < 1.29 is 0 Å². The van der Waals surface area contributed by atoms with E-state index in [4.69, 9.17) is 0 Å². The molecule has 0 aliphatic carbocycles. The SMILES string of the molecule is C=CC(C)C/C=C/SC(C)C. The first-order chi connectivity index (χ1) is 5.16. The number of hydrogen-bond acceptors (Lipinski definition) is 1. The summed E-state index contributed by atoms with van der Waals surface area (Å²) in [7, 11) is 0. The summed E-state index contributed by atoms with van der Waals surface area (Å²) in [6.45, 7) is 10.3. The molecule has 0 aliphatic rings. The van der Waals surface area contributed by atoms with Crippen LogP contribution in [0.5, 0.6) is 0 Å². The first kappa shape index (κ1) is 10.8. The van der Waals surface area contributed by atoms with Crippen LogP contribution in [0.25, 0.3) is 0 Å². The third-order valence-electron chi connectivity index (χ3n) is 1.36. The quantitative estimate of drug-likeness (QED) is 0.565. The van der Waals surface area contributed by atoms with Gasteiger partial charge in [-0.3, -0.25) is 0 Å². The van der Waals surface area contributed by atoms with E-state index in [1.807, 2.05) is 17.8 Å². The van der Waals surface area contributed by atoms with Crippen LogP contribution in [0.2, 0.25) is 0 Å². The predicted octanol–water partition coefficient (Wildman–Crippen LogP) is 3.85. The van der Waals surface area contributed by atoms with Crippen molar-refractivity contribution in [2.24, 2.45) is 5.92 Å². The molecule has 0 N–H and O–H groups in total. The molecule has 11 heavy (non-hydrogen) atoms. The van der Waals surface area contributed by atoms with Crippen molar-refractivity contribution in [1.29, 1.82) is 0 Å². The number of thioether (sulfide) groups is 1. The number of allylic oxidation sites excluding steroid dienone is 2. The number of rotatable bonds is 5. The highest BCUT2D eigenvalue weighted by Gasteiger charge is 1.91. The normalized spacial score (nSPS) is 14.2. The third kappa shape index (κ3) is 7.73. The summed E-state index contributed by atoms with van der Waals surface area (Å²) < 4.78 is 0. The molecule has 1 heteroatoms. The highest BCUT2D eigenvalue weighted by molar-refractivity contribution is 8.02. The molecule has 0 radical (unpaired) electrons. The van der Waals surface area contributed by atoms with Crippen molar-refractivity contribution in [3.8, 4) is 0 Å². The molecule has 64 valence electrons. The molecule has 0 amide bonds. The van der Waals surface area contributed by atoms with E-state index in [2.05, 4.69) is 38.8 Å². The van der Waals surface area contributed by atoms with Gasteiger partial charge in [0.15, 0.2) is 0 Å². The Kier molecular flexibility index (Phi) is 6.43. The summed E-state index contributed by atoms with van der Waals surface area (Å²) in [5, 5.41) is 2.88. The highest BCUT2D eigenvalue weighted by atomic mass is 32.2. The second-order valence-corrected chi connectivity index (χ2v) is 4.49. The van der Waals surface area contributed by atoms with Crippen LogP contribution in [0.3, 0.4) is 0 Å². The average Bonchev–Trinajstić information content (AvgIpc) is 1.97. The van der Waals surface area contributed by atoms with E-state index in [1.165, 1.54) is 0 Å². The van der Waals surface area contributed by atoms with Gasteiger partial charge in [-0.15, -0.1) is 18.3 Å². The van der Waals surface area contributed by atoms with E-state index >= 15 is 0 Å². The summed E-state index contributed by atoms with van der Waals surface area (Å²) in [5.41, 5.74) is 0. The summed E-state index contributed by atoms with van der Waals surface area (Å²) >= 11 is 1.87. The third-order valence-corrected chi connectivity index (χ3v) is 2.25. The lowest BCUT2D eigenvalue weighted by molar-refractivity contribution is 0.747. The maximum absolute atomic E-state index is 3.73. The van der Waals surface area contributed by atoms with Crippen molar-refractivity contribution in [3.05, 3.63) is 24.1 Å². The van der Waals surface area contributed by atoms with Gasteiger partial charge < -0.3 is 0 Å². The zero-order chi connectivity index (χ0) is 8.69. The van der Waals surface area contributed by atoms with Crippen LogP contribution < -0.4 is 0 Å². The van der Waals surface area contributed by atoms with Gasteiger partial charge in [-0.2, -0.15) is 0 Å². The van der Waals surface area contributed by atoms with E-state index in [0.717, 1.165) is 6.42 Å². The molecule has 1 unspecified atom stereocenters. The average molecular weight is 170 g/mol. The fourth-order valence-corrected chi connectivity index (χ4v) is 1.12. The Morgan fingerprint density at radius 1 is 1.36 bits per heavy atom. The largest absolute Gasteiger partial charge is 0.132 e. The van der Waals surface area contributed by atoms with Gasteiger partial charge in [0, 0.05) is 5.25 Å². The molecule has 0 saturated carbocycles. The molecule has 0 aromatic carbocycles. The van der Waals surface area contributed by atoms with Crippen LogP contribution in [-0.4, -0.2) is 5.25 Å². The second-order valence-electron chi connectivity index (χ2n) is 3.01. The van der Waals surface area contributed by atoms with Gasteiger partial charge in [-0.25, -0.2) is 0 Å². The molecule has 1 atom stereocenters. The zero-order valence-corrected chi connectivity index (χ0v) is 8.53. The van der Waals surface area contributed by atoms with Crippen LogP contribution in [0.4, 0.5) is 0 Å². The summed E-state index contributed by atoms with van der Waals surface area (Å²) in [6.07, 6.45) is 5.32. The first-order valence-corrected chi connectivity index (χ1v) is 5.04. The van der Waals surface area contributed by atoms with Gasteiger partial charge >= 0.3 is 0 Å². The Hall–Kier alpha value is -0.170. The Bertz CT molecular complexity index is 125. The molecular weight excluding hydrogens is 152 g/mol. The molecule has 0 spiro atoms. The van der Waals surface area contributed by atoms with E-state index in [9.17, 15) is 0 Å². The van der Waals surface area contributed by atoms with Gasteiger partial charge in [-0.05, 0) is 17.7 Å². The monoisotopic (exact) mass is 170 g/mol. The topological polar surface area (TPSA) is 0 Å². The second kappa shape index (κ2) is 6.53. The fraction of sp³-hybridized carbons (Fsp3) is 0.600. The van der Waals surface area contributed by atoms with Crippen LogP contribution in [0, 0.1) is 5.92 Å². The lowest BCUT2D eigenvalue weighted by Crippen LogP contribution is -1.84. The van der Waals surface area contributed by atoms with Gasteiger partial charge in [-0.1, -0.05) is 32.9 Å². The molecule has 0 nitrogen and oxygen atoms in total. The standard InChI is InChI=1S/C10H18S/c1-5-10(4)7-6-8-11-9(2)3/h5-6,8-10H,1,7H2,2-4H3/b8-6+. The van der Waals surface area contributed by atoms with E-state index in [0.29, 0.717) is 11.2 Å². The minimum absolute atomic E-state index is 0.610. The van der Waals surface area contributed by atoms with Gasteiger partial charge in [0.1, 0.15) is 0 Å². The zero-order valence-electron chi connectivity index (χ0n) is 7.71. The van der Waals surface area contributed by atoms with Crippen molar-refractivity contribution in [1.82, 2.24) is 0 Å². The van der Waals surface area contributed by atoms with Crippen LogP contribution in [-0.2, 0) is 0 Å². The number of hydrogen-bond donors (Lipinski definition) is 0. The first-order valence-electron chi connectivity index (χ1n) is 4.09. The van der Waals surface area contributed by atoms with Crippen LogP contribution in [0.15, 0.2) is 24.1 Å². The Balaban J connectivity index is 3.36. The molecular formula is C10H18S. The van der Waals surface area contributed by atoms with Crippen molar-refractivity contribution >= 4 is 11.8 Å². The molecule has 0 rings (SSSR count). The molecule has 0 aromatic rings. The summed E-state index contributed by atoms with van der Waals surface area (Å²) in [5.74, 6) is 0.610. The Morgan fingerprint density at radius 2 is 2.00 bits per heavy atom. The fourth-order valence-electron chi connectivity index (χ4n) is 0.579. The van der Waals surface area contributed by atoms with Crippen molar-refractivity contribution in [3.63, 3.8) is 0 Å². The van der Waals surface area contributed by atoms with Crippen molar-refractivity contribution in [2.75, 3.05) is 0 Å². The van der Waals surface area contributed by atoms with Gasteiger partial charge in [0.2, 0.25) is 0 Å². The smallest absolute Gasteiger partial charge is 0.00316 e. The lowest BCUT2D eigenvalue weighted by atomic mass is 10.1. The van der Waals surface area contributed by atoms with Crippen LogP contribution >= 0.6 is 11.8 Å². The molecule has 0 aliphatic heterocycles. The molecule has 0 saturated heterocycles. The minimum Gasteiger partial charge on any atom is -0.132 e. The van der Waals surface area contributed by atoms with Gasteiger partial charge in [0.25, 0.3) is 0 Å². The molecule has 0 heterocycles.